The Morgan fingerprint density at radius 2 is 1.62 bits per heavy atom. The number of sulfonamides is 1. The summed E-state index contributed by atoms with van der Waals surface area (Å²) in [6.07, 6.45) is 0. The Hall–Kier alpha value is -2.71. The lowest BCUT2D eigenvalue weighted by Crippen LogP contribution is -2.52. The van der Waals surface area contributed by atoms with Gasteiger partial charge in [0, 0.05) is 31.7 Å². The molecule has 0 atom stereocenters. The van der Waals surface area contributed by atoms with Crippen LogP contribution in [0.15, 0.2) is 53.4 Å². The first-order chi connectivity index (χ1) is 13.8. The van der Waals surface area contributed by atoms with Gasteiger partial charge in [-0.2, -0.15) is 4.31 Å². The highest BCUT2D eigenvalue weighted by Gasteiger charge is 2.31. The molecule has 1 heterocycles. The number of amides is 2. The molecule has 154 valence electrons. The van der Waals surface area contributed by atoms with Crippen LogP contribution in [0.3, 0.4) is 0 Å². The van der Waals surface area contributed by atoms with E-state index in [1.54, 1.807) is 48.2 Å². The van der Waals surface area contributed by atoms with Gasteiger partial charge in [0.1, 0.15) is 0 Å². The number of aryl methyl sites for hydroxylation is 2. The summed E-state index contributed by atoms with van der Waals surface area (Å²) in [5.41, 5.74) is 2.21. The fourth-order valence-corrected chi connectivity index (χ4v) is 4.99. The normalized spacial score (nSPS) is 15.2. The van der Waals surface area contributed by atoms with Crippen LogP contribution >= 0.6 is 0 Å². The van der Waals surface area contributed by atoms with Gasteiger partial charge in [-0.15, -0.1) is 0 Å². The van der Waals surface area contributed by atoms with Gasteiger partial charge in [-0.3, -0.25) is 9.59 Å². The molecule has 2 amide bonds. The Labute approximate surface area is 171 Å². The molecule has 1 fully saturated rings. The molecule has 0 aromatic heterocycles. The Kier molecular flexibility index (Phi) is 6.34. The zero-order valence-corrected chi connectivity index (χ0v) is 17.4. The third-order valence-electron chi connectivity index (χ3n) is 4.98. The van der Waals surface area contributed by atoms with Crippen LogP contribution < -0.4 is 5.32 Å². The lowest BCUT2D eigenvalue weighted by atomic mass is 10.2. The number of piperazine rings is 1. The third kappa shape index (κ3) is 4.83. The second-order valence-electron chi connectivity index (χ2n) is 7.10. The number of carbonyl (C=O) groups is 2. The molecule has 2 aromatic carbocycles. The van der Waals surface area contributed by atoms with Gasteiger partial charge in [0.05, 0.1) is 11.4 Å². The molecule has 29 heavy (non-hydrogen) atoms. The van der Waals surface area contributed by atoms with Gasteiger partial charge in [-0.25, -0.2) is 8.42 Å². The summed E-state index contributed by atoms with van der Waals surface area (Å²) in [6, 6.07) is 14.0. The van der Waals surface area contributed by atoms with Gasteiger partial charge in [-0.1, -0.05) is 35.9 Å². The SMILES string of the molecule is Cc1ccc(S(=O)(=O)N2CCN(C(=O)CNC(=O)c3ccccc3)CC2)c(C)c1. The van der Waals surface area contributed by atoms with Crippen LogP contribution in [0.4, 0.5) is 0 Å². The lowest BCUT2D eigenvalue weighted by Gasteiger charge is -2.34. The molecular formula is C21H25N3O4S. The van der Waals surface area contributed by atoms with Crippen LogP contribution in [-0.4, -0.2) is 62.2 Å². The summed E-state index contributed by atoms with van der Waals surface area (Å²) < 4.78 is 27.3. The van der Waals surface area contributed by atoms with Gasteiger partial charge in [0.25, 0.3) is 5.91 Å². The van der Waals surface area contributed by atoms with Crippen LogP contribution in [-0.2, 0) is 14.8 Å². The molecule has 0 bridgehead atoms. The third-order valence-corrected chi connectivity index (χ3v) is 7.03. The first-order valence-corrected chi connectivity index (χ1v) is 10.9. The van der Waals surface area contributed by atoms with Gasteiger partial charge in [-0.05, 0) is 37.6 Å². The quantitative estimate of drug-likeness (QED) is 0.803. The molecule has 8 heteroatoms. The molecule has 7 nitrogen and oxygen atoms in total. The molecule has 0 radical (unpaired) electrons. The van der Waals surface area contributed by atoms with E-state index in [-0.39, 0.29) is 31.4 Å². The number of carbonyl (C=O) groups excluding carboxylic acids is 2. The van der Waals surface area contributed by atoms with Gasteiger partial charge in [0.15, 0.2) is 0 Å². The number of rotatable bonds is 5. The highest BCUT2D eigenvalue weighted by atomic mass is 32.2. The maximum Gasteiger partial charge on any atom is 0.251 e. The number of hydrogen-bond donors (Lipinski definition) is 1. The first-order valence-electron chi connectivity index (χ1n) is 9.47. The van der Waals surface area contributed by atoms with Gasteiger partial charge < -0.3 is 10.2 Å². The standard InChI is InChI=1S/C21H25N3O4S/c1-16-8-9-19(17(2)14-16)29(27,28)24-12-10-23(11-13-24)20(25)15-22-21(26)18-6-4-3-5-7-18/h3-9,14H,10-13,15H2,1-2H3,(H,22,26). The molecule has 1 aliphatic heterocycles. The van der Waals surface area contributed by atoms with Gasteiger partial charge in [0.2, 0.25) is 15.9 Å². The molecule has 0 saturated carbocycles. The van der Waals surface area contributed by atoms with Gasteiger partial charge >= 0.3 is 0 Å². The van der Waals surface area contributed by atoms with Crippen molar-refractivity contribution in [1.82, 2.24) is 14.5 Å². The number of nitrogens with zero attached hydrogens (tertiary/aromatic N) is 2. The van der Waals surface area contributed by atoms with Crippen LogP contribution in [0, 0.1) is 13.8 Å². The molecule has 0 unspecified atom stereocenters. The van der Waals surface area contributed by atoms with E-state index in [0.29, 0.717) is 29.1 Å². The summed E-state index contributed by atoms with van der Waals surface area (Å²) in [4.78, 5) is 26.3. The monoisotopic (exact) mass is 415 g/mol. The van der Waals surface area contributed by atoms with E-state index in [1.807, 2.05) is 19.1 Å². The molecular weight excluding hydrogens is 390 g/mol. The molecule has 1 saturated heterocycles. The molecule has 0 aliphatic carbocycles. The molecule has 0 spiro atoms. The van der Waals surface area contributed by atoms with Crippen LogP contribution in [0.2, 0.25) is 0 Å². The van der Waals surface area contributed by atoms with Crippen molar-refractivity contribution >= 4 is 21.8 Å². The van der Waals surface area contributed by atoms with E-state index >= 15 is 0 Å². The van der Waals surface area contributed by atoms with Crippen molar-refractivity contribution in [3.05, 3.63) is 65.2 Å². The maximum atomic E-state index is 12.9. The number of nitrogens with one attached hydrogen (secondary N) is 1. The van der Waals surface area contributed by atoms with Crippen molar-refractivity contribution in [3.8, 4) is 0 Å². The zero-order chi connectivity index (χ0) is 21.0. The van der Waals surface area contributed by atoms with E-state index in [0.717, 1.165) is 5.56 Å². The summed E-state index contributed by atoms with van der Waals surface area (Å²) >= 11 is 0. The Morgan fingerprint density at radius 1 is 0.966 bits per heavy atom. The van der Waals surface area contributed by atoms with Crippen molar-refractivity contribution in [2.24, 2.45) is 0 Å². The largest absolute Gasteiger partial charge is 0.343 e. The average Bonchev–Trinajstić information content (AvgIpc) is 2.72. The minimum atomic E-state index is -3.59. The number of benzene rings is 2. The fraction of sp³-hybridized carbons (Fsp3) is 0.333. The molecule has 3 rings (SSSR count). The fourth-order valence-electron chi connectivity index (χ4n) is 3.36. The topological polar surface area (TPSA) is 86.8 Å². The Morgan fingerprint density at radius 3 is 2.24 bits per heavy atom. The minimum absolute atomic E-state index is 0.114. The minimum Gasteiger partial charge on any atom is -0.343 e. The van der Waals surface area contributed by atoms with E-state index < -0.39 is 10.0 Å². The highest BCUT2D eigenvalue weighted by Crippen LogP contribution is 2.22. The molecule has 1 aliphatic rings. The second kappa shape index (κ2) is 8.75. The van der Waals surface area contributed by atoms with Crippen molar-refractivity contribution < 1.29 is 18.0 Å². The molecule has 2 aromatic rings. The predicted octanol–water partition coefficient (Wildman–Crippen LogP) is 1.57. The Balaban J connectivity index is 1.55. The van der Waals surface area contributed by atoms with E-state index in [1.165, 1.54) is 4.31 Å². The smallest absolute Gasteiger partial charge is 0.251 e. The van der Waals surface area contributed by atoms with Crippen molar-refractivity contribution in [2.75, 3.05) is 32.7 Å². The van der Waals surface area contributed by atoms with E-state index in [2.05, 4.69) is 5.32 Å². The highest BCUT2D eigenvalue weighted by molar-refractivity contribution is 7.89. The van der Waals surface area contributed by atoms with E-state index in [9.17, 15) is 18.0 Å². The summed E-state index contributed by atoms with van der Waals surface area (Å²) in [7, 11) is -3.59. The van der Waals surface area contributed by atoms with Crippen LogP contribution in [0.25, 0.3) is 0 Å². The zero-order valence-electron chi connectivity index (χ0n) is 16.6. The number of hydrogen-bond acceptors (Lipinski definition) is 4. The van der Waals surface area contributed by atoms with E-state index in [4.69, 9.17) is 0 Å². The summed E-state index contributed by atoms with van der Waals surface area (Å²) in [6.45, 7) is 4.65. The summed E-state index contributed by atoms with van der Waals surface area (Å²) in [5, 5.41) is 2.61. The van der Waals surface area contributed by atoms with Crippen molar-refractivity contribution in [3.63, 3.8) is 0 Å². The first kappa shape index (κ1) is 21.0. The lowest BCUT2D eigenvalue weighted by molar-refractivity contribution is -0.131. The maximum absolute atomic E-state index is 12.9. The average molecular weight is 416 g/mol. The molecule has 1 N–H and O–H groups in total. The van der Waals surface area contributed by atoms with Crippen molar-refractivity contribution in [2.45, 2.75) is 18.7 Å². The van der Waals surface area contributed by atoms with Crippen LogP contribution in [0.1, 0.15) is 21.5 Å². The second-order valence-corrected chi connectivity index (χ2v) is 9.01. The summed E-state index contributed by atoms with van der Waals surface area (Å²) in [5.74, 6) is -0.534. The predicted molar refractivity (Wildman–Crippen MR) is 110 cm³/mol. The van der Waals surface area contributed by atoms with Crippen molar-refractivity contribution in [1.29, 1.82) is 0 Å². The van der Waals surface area contributed by atoms with Crippen LogP contribution in [0.5, 0.6) is 0 Å². The Bertz CT molecular complexity index is 998.